The van der Waals surface area contributed by atoms with Crippen LogP contribution < -0.4 is 9.47 Å². The third-order valence-corrected chi connectivity index (χ3v) is 5.77. The lowest BCUT2D eigenvalue weighted by Gasteiger charge is -2.31. The maximum atomic E-state index is 11.0. The molecule has 0 saturated carbocycles. The first kappa shape index (κ1) is 19.5. The molecule has 2 aromatic carbocycles. The van der Waals surface area contributed by atoms with Crippen LogP contribution in [0, 0.1) is 5.92 Å². The second-order valence-corrected chi connectivity index (χ2v) is 7.97. The lowest BCUT2D eigenvalue weighted by atomic mass is 9.88. The molecular weight excluding hydrogens is 388 g/mol. The number of aromatic nitrogens is 2. The van der Waals surface area contributed by atoms with Gasteiger partial charge in [-0.1, -0.05) is 30.3 Å². The molecule has 0 saturated heterocycles. The maximum absolute atomic E-state index is 11.0. The number of pyridine rings is 2. The highest BCUT2D eigenvalue weighted by atomic mass is 16.5. The lowest BCUT2D eigenvalue weighted by molar-refractivity contribution is 0.0502. The molecule has 31 heavy (non-hydrogen) atoms. The second kappa shape index (κ2) is 8.36. The minimum atomic E-state index is -0.624. The molecule has 0 aliphatic carbocycles. The molecule has 5 heteroatoms. The van der Waals surface area contributed by atoms with Crippen LogP contribution >= 0.6 is 0 Å². The predicted molar refractivity (Wildman–Crippen MR) is 119 cm³/mol. The molecule has 5 rings (SSSR count). The molecule has 1 aliphatic heterocycles. The molecule has 1 unspecified atom stereocenters. The Hall–Kier alpha value is -3.44. The third kappa shape index (κ3) is 4.09. The Labute approximate surface area is 181 Å². The van der Waals surface area contributed by atoms with Crippen LogP contribution in [-0.4, -0.2) is 21.7 Å². The number of aliphatic hydroxyl groups is 1. The van der Waals surface area contributed by atoms with E-state index in [1.807, 2.05) is 73.8 Å². The molecule has 1 aliphatic rings. The van der Waals surface area contributed by atoms with Crippen molar-refractivity contribution < 1.29 is 14.6 Å². The predicted octanol–water partition coefficient (Wildman–Crippen LogP) is 5.05. The molecule has 0 amide bonds. The number of fused-ring (bicyclic) bond motifs is 2. The van der Waals surface area contributed by atoms with Gasteiger partial charge < -0.3 is 14.6 Å². The van der Waals surface area contributed by atoms with Gasteiger partial charge in [-0.2, -0.15) is 0 Å². The summed E-state index contributed by atoms with van der Waals surface area (Å²) in [6.07, 6.45) is 3.44. The van der Waals surface area contributed by atoms with Crippen molar-refractivity contribution in [2.45, 2.75) is 25.6 Å². The molecule has 156 valence electrons. The normalized spacial score (nSPS) is 18.8. The van der Waals surface area contributed by atoms with Crippen molar-refractivity contribution in [3.8, 4) is 11.5 Å². The summed E-state index contributed by atoms with van der Waals surface area (Å²) in [5.74, 6) is 1.36. The van der Waals surface area contributed by atoms with Gasteiger partial charge in [-0.3, -0.25) is 4.98 Å². The van der Waals surface area contributed by atoms with E-state index in [0.717, 1.165) is 27.7 Å². The molecule has 3 atom stereocenters. The Morgan fingerprint density at radius 1 is 1.10 bits per heavy atom. The Morgan fingerprint density at radius 3 is 2.87 bits per heavy atom. The van der Waals surface area contributed by atoms with Gasteiger partial charge in [-0.05, 0) is 55.3 Å². The van der Waals surface area contributed by atoms with E-state index < -0.39 is 6.10 Å². The standard InChI is InChI=1S/C26H24N2O3/c1-17(23-10-8-19-6-2-3-7-24(19)28-23)31-21-9-11-25-22(14-21)26(29)20(16-30-25)13-18-5-4-12-27-15-18/h2-12,14-15,17,20,26,29H,13,16H2,1H3/t17?,20-,26+/m0/s1. The summed E-state index contributed by atoms with van der Waals surface area (Å²) in [6, 6.07) is 21.7. The van der Waals surface area contributed by atoms with Gasteiger partial charge in [0.05, 0.1) is 23.9 Å². The van der Waals surface area contributed by atoms with Gasteiger partial charge >= 0.3 is 0 Å². The summed E-state index contributed by atoms with van der Waals surface area (Å²) in [5.41, 5.74) is 3.66. The first-order chi connectivity index (χ1) is 15.2. The zero-order valence-electron chi connectivity index (χ0n) is 17.3. The first-order valence-electron chi connectivity index (χ1n) is 10.5. The van der Waals surface area contributed by atoms with Gasteiger partial charge in [0.1, 0.15) is 17.6 Å². The molecule has 4 aromatic rings. The monoisotopic (exact) mass is 412 g/mol. The van der Waals surface area contributed by atoms with E-state index in [1.165, 1.54) is 0 Å². The number of hydrogen-bond acceptors (Lipinski definition) is 5. The van der Waals surface area contributed by atoms with E-state index >= 15 is 0 Å². The zero-order chi connectivity index (χ0) is 21.2. The molecule has 3 heterocycles. The van der Waals surface area contributed by atoms with Crippen LogP contribution in [0.15, 0.2) is 79.1 Å². The van der Waals surface area contributed by atoms with Crippen molar-refractivity contribution in [3.63, 3.8) is 0 Å². The van der Waals surface area contributed by atoms with Gasteiger partial charge in [0.15, 0.2) is 0 Å². The number of para-hydroxylation sites is 1. The van der Waals surface area contributed by atoms with Crippen LogP contribution in [0.2, 0.25) is 0 Å². The molecule has 1 N–H and O–H groups in total. The molecule has 0 spiro atoms. The minimum absolute atomic E-state index is 0.0356. The highest BCUT2D eigenvalue weighted by molar-refractivity contribution is 5.78. The summed E-state index contributed by atoms with van der Waals surface area (Å²) in [6.45, 7) is 2.45. The number of rotatable bonds is 5. The Balaban J connectivity index is 1.34. The van der Waals surface area contributed by atoms with Gasteiger partial charge in [0, 0.05) is 29.3 Å². The summed E-state index contributed by atoms with van der Waals surface area (Å²) in [5, 5.41) is 12.1. The van der Waals surface area contributed by atoms with Crippen molar-refractivity contribution in [2.75, 3.05) is 6.61 Å². The highest BCUT2D eigenvalue weighted by Crippen LogP contribution is 2.39. The summed E-state index contributed by atoms with van der Waals surface area (Å²) < 4.78 is 12.1. The Bertz CT molecular complexity index is 1200. The summed E-state index contributed by atoms with van der Waals surface area (Å²) in [7, 11) is 0. The van der Waals surface area contributed by atoms with E-state index in [-0.39, 0.29) is 12.0 Å². The number of ether oxygens (including phenoxy) is 2. The first-order valence-corrected chi connectivity index (χ1v) is 10.5. The average Bonchev–Trinajstić information content (AvgIpc) is 2.81. The van der Waals surface area contributed by atoms with Crippen molar-refractivity contribution in [3.05, 3.63) is 95.9 Å². The van der Waals surface area contributed by atoms with Gasteiger partial charge in [-0.15, -0.1) is 0 Å². The quantitative estimate of drug-likeness (QED) is 0.497. The number of aliphatic hydroxyl groups excluding tert-OH is 1. The molecule has 0 bridgehead atoms. The van der Waals surface area contributed by atoms with Crippen molar-refractivity contribution in [2.24, 2.45) is 5.92 Å². The SMILES string of the molecule is CC(Oc1ccc2c(c1)[C@H](O)[C@@H](Cc1cccnc1)CO2)c1ccc2ccccc2n1. The maximum Gasteiger partial charge on any atom is 0.138 e. The smallest absolute Gasteiger partial charge is 0.138 e. The van der Waals surface area contributed by atoms with Crippen molar-refractivity contribution in [1.29, 1.82) is 0 Å². The van der Waals surface area contributed by atoms with E-state index in [2.05, 4.69) is 11.1 Å². The largest absolute Gasteiger partial charge is 0.493 e. The minimum Gasteiger partial charge on any atom is -0.493 e. The fourth-order valence-corrected chi connectivity index (χ4v) is 4.07. The van der Waals surface area contributed by atoms with Gasteiger partial charge in [0.2, 0.25) is 0 Å². The number of hydrogen-bond donors (Lipinski definition) is 1. The van der Waals surface area contributed by atoms with E-state index in [0.29, 0.717) is 24.5 Å². The molecule has 5 nitrogen and oxygen atoms in total. The summed E-state index contributed by atoms with van der Waals surface area (Å²) >= 11 is 0. The molecule has 2 aromatic heterocycles. The number of benzene rings is 2. The van der Waals surface area contributed by atoms with Crippen LogP contribution in [0.1, 0.15) is 36.0 Å². The number of nitrogens with zero attached hydrogens (tertiary/aromatic N) is 2. The van der Waals surface area contributed by atoms with E-state index in [1.54, 1.807) is 6.20 Å². The van der Waals surface area contributed by atoms with Crippen molar-refractivity contribution >= 4 is 10.9 Å². The Morgan fingerprint density at radius 2 is 2.00 bits per heavy atom. The lowest BCUT2D eigenvalue weighted by Crippen LogP contribution is -2.27. The zero-order valence-corrected chi connectivity index (χ0v) is 17.3. The molecule has 0 radical (unpaired) electrons. The van der Waals surface area contributed by atoms with Crippen LogP contribution in [0.3, 0.4) is 0 Å². The van der Waals surface area contributed by atoms with E-state index in [9.17, 15) is 5.11 Å². The van der Waals surface area contributed by atoms with Crippen LogP contribution in [0.25, 0.3) is 10.9 Å². The fraction of sp³-hybridized carbons (Fsp3) is 0.231. The average molecular weight is 412 g/mol. The van der Waals surface area contributed by atoms with Crippen molar-refractivity contribution in [1.82, 2.24) is 9.97 Å². The highest BCUT2D eigenvalue weighted by Gasteiger charge is 2.30. The molecular formula is C26H24N2O3. The Kier molecular flexibility index (Phi) is 5.26. The summed E-state index contributed by atoms with van der Waals surface area (Å²) in [4.78, 5) is 8.89. The van der Waals surface area contributed by atoms with Crippen LogP contribution in [0.5, 0.6) is 11.5 Å². The van der Waals surface area contributed by atoms with Gasteiger partial charge in [0.25, 0.3) is 0 Å². The topological polar surface area (TPSA) is 64.5 Å². The van der Waals surface area contributed by atoms with Crippen LogP contribution in [0.4, 0.5) is 0 Å². The fourth-order valence-electron chi connectivity index (χ4n) is 4.07. The molecule has 0 fully saturated rings. The van der Waals surface area contributed by atoms with E-state index in [4.69, 9.17) is 14.5 Å². The third-order valence-electron chi connectivity index (χ3n) is 5.77. The van der Waals surface area contributed by atoms with Gasteiger partial charge in [-0.25, -0.2) is 4.98 Å². The second-order valence-electron chi connectivity index (χ2n) is 7.97. The van der Waals surface area contributed by atoms with Crippen LogP contribution in [-0.2, 0) is 6.42 Å².